The first kappa shape index (κ1) is 14.8. The predicted molar refractivity (Wildman–Crippen MR) is 78.8 cm³/mol. The third-order valence-corrected chi connectivity index (χ3v) is 5.18. The molecule has 0 aromatic carbocycles. The molecule has 0 radical (unpaired) electrons. The number of amides is 1. The minimum atomic E-state index is 0.419. The van der Waals surface area contributed by atoms with Crippen molar-refractivity contribution in [2.24, 2.45) is 17.6 Å². The van der Waals surface area contributed by atoms with Crippen molar-refractivity contribution in [2.75, 3.05) is 13.1 Å². The number of carbonyl (C=O) groups is 1. The summed E-state index contributed by atoms with van der Waals surface area (Å²) >= 11 is 0. The van der Waals surface area contributed by atoms with Gasteiger partial charge in [0, 0.05) is 19.0 Å². The summed E-state index contributed by atoms with van der Waals surface area (Å²) in [7, 11) is 0. The molecule has 1 unspecified atom stereocenters. The van der Waals surface area contributed by atoms with Crippen LogP contribution in [0.1, 0.15) is 64.7 Å². The molecule has 1 aliphatic heterocycles. The summed E-state index contributed by atoms with van der Waals surface area (Å²) in [5.74, 6) is 1.75. The third kappa shape index (κ3) is 3.95. The molecule has 0 spiro atoms. The number of rotatable bonds is 4. The lowest BCUT2D eigenvalue weighted by molar-refractivity contribution is -0.136. The molecule has 2 fully saturated rings. The van der Waals surface area contributed by atoms with Gasteiger partial charge in [0.05, 0.1) is 0 Å². The van der Waals surface area contributed by atoms with Gasteiger partial charge in [-0.2, -0.15) is 0 Å². The first-order valence-electron chi connectivity index (χ1n) is 8.24. The van der Waals surface area contributed by atoms with Gasteiger partial charge in [0.15, 0.2) is 0 Å². The molecule has 0 aromatic rings. The fourth-order valence-corrected chi connectivity index (χ4v) is 3.79. The van der Waals surface area contributed by atoms with Crippen LogP contribution in [0.5, 0.6) is 0 Å². The molecule has 3 heteroatoms. The van der Waals surface area contributed by atoms with Crippen molar-refractivity contribution in [3.8, 4) is 0 Å². The zero-order chi connectivity index (χ0) is 13.7. The largest absolute Gasteiger partial charge is 0.340 e. The molecule has 1 amide bonds. The Hall–Kier alpha value is -0.570. The molecule has 0 bridgehead atoms. The van der Waals surface area contributed by atoms with Crippen LogP contribution in [0.2, 0.25) is 0 Å². The zero-order valence-electron chi connectivity index (χ0n) is 12.4. The number of hydrogen-bond donors (Lipinski definition) is 1. The van der Waals surface area contributed by atoms with Crippen LogP contribution < -0.4 is 5.73 Å². The highest BCUT2D eigenvalue weighted by Gasteiger charge is 2.28. The van der Waals surface area contributed by atoms with Gasteiger partial charge in [0.1, 0.15) is 0 Å². The van der Waals surface area contributed by atoms with E-state index in [1.165, 1.54) is 44.9 Å². The van der Waals surface area contributed by atoms with E-state index < -0.39 is 0 Å². The summed E-state index contributed by atoms with van der Waals surface area (Å²) in [6, 6.07) is 0.515. The lowest BCUT2D eigenvalue weighted by Crippen LogP contribution is -2.44. The van der Waals surface area contributed by atoms with Crippen molar-refractivity contribution in [2.45, 2.75) is 70.8 Å². The van der Waals surface area contributed by atoms with E-state index in [9.17, 15) is 4.79 Å². The average molecular weight is 266 g/mol. The molecule has 1 atom stereocenters. The van der Waals surface area contributed by atoms with E-state index in [1.807, 2.05) is 0 Å². The van der Waals surface area contributed by atoms with Gasteiger partial charge >= 0.3 is 0 Å². The number of nitrogens with two attached hydrogens (primary N) is 1. The molecule has 1 heterocycles. The lowest BCUT2D eigenvalue weighted by Gasteiger charge is -2.37. The normalized spacial score (nSPS) is 32.3. The summed E-state index contributed by atoms with van der Waals surface area (Å²) in [6.07, 6.45) is 10.5. The van der Waals surface area contributed by atoms with Crippen molar-refractivity contribution < 1.29 is 4.79 Å². The smallest absolute Gasteiger partial charge is 0.223 e. The maximum Gasteiger partial charge on any atom is 0.223 e. The fraction of sp³-hybridized carbons (Fsp3) is 0.938. The SMILES string of the molecule is CCC1CCCCN1C(=O)CC1CCC(CN)CC1. The molecular formula is C16H30N2O. The maximum atomic E-state index is 12.5. The summed E-state index contributed by atoms with van der Waals surface area (Å²) < 4.78 is 0. The monoisotopic (exact) mass is 266 g/mol. The quantitative estimate of drug-likeness (QED) is 0.850. The van der Waals surface area contributed by atoms with E-state index in [1.54, 1.807) is 0 Å². The molecule has 0 aromatic heterocycles. The second-order valence-corrected chi connectivity index (χ2v) is 6.47. The van der Waals surface area contributed by atoms with Crippen molar-refractivity contribution in [3.05, 3.63) is 0 Å². The Kier molecular flexibility index (Phi) is 5.68. The number of hydrogen-bond acceptors (Lipinski definition) is 2. The van der Waals surface area contributed by atoms with Crippen LogP contribution >= 0.6 is 0 Å². The van der Waals surface area contributed by atoms with E-state index in [-0.39, 0.29) is 0 Å². The minimum absolute atomic E-state index is 0.419. The molecular weight excluding hydrogens is 236 g/mol. The van der Waals surface area contributed by atoms with Gasteiger partial charge in [0.2, 0.25) is 5.91 Å². The topological polar surface area (TPSA) is 46.3 Å². The second-order valence-electron chi connectivity index (χ2n) is 6.47. The number of likely N-dealkylation sites (tertiary alicyclic amines) is 1. The van der Waals surface area contributed by atoms with Gasteiger partial charge in [0.25, 0.3) is 0 Å². The molecule has 2 aliphatic rings. The van der Waals surface area contributed by atoms with Gasteiger partial charge in [-0.25, -0.2) is 0 Å². The summed E-state index contributed by atoms with van der Waals surface area (Å²) in [5, 5.41) is 0. The highest BCUT2D eigenvalue weighted by Crippen LogP contribution is 2.31. The maximum absolute atomic E-state index is 12.5. The Balaban J connectivity index is 1.80. The molecule has 1 saturated carbocycles. The van der Waals surface area contributed by atoms with Crippen LogP contribution in [0.15, 0.2) is 0 Å². The van der Waals surface area contributed by atoms with Crippen LogP contribution in [0.25, 0.3) is 0 Å². The fourth-order valence-electron chi connectivity index (χ4n) is 3.79. The molecule has 3 nitrogen and oxygen atoms in total. The van der Waals surface area contributed by atoms with Crippen molar-refractivity contribution >= 4 is 5.91 Å². The third-order valence-electron chi connectivity index (χ3n) is 5.18. The average Bonchev–Trinajstić information content (AvgIpc) is 2.48. The van der Waals surface area contributed by atoms with Crippen molar-refractivity contribution in [1.29, 1.82) is 0 Å². The van der Waals surface area contributed by atoms with Crippen LogP contribution in [-0.2, 0) is 4.79 Å². The van der Waals surface area contributed by atoms with Gasteiger partial charge in [-0.05, 0) is 69.7 Å². The number of carbonyl (C=O) groups excluding carboxylic acids is 1. The van der Waals surface area contributed by atoms with E-state index in [0.717, 1.165) is 25.9 Å². The lowest BCUT2D eigenvalue weighted by atomic mass is 9.80. The number of nitrogens with zero attached hydrogens (tertiary/aromatic N) is 1. The van der Waals surface area contributed by atoms with Crippen LogP contribution in [0.4, 0.5) is 0 Å². The minimum Gasteiger partial charge on any atom is -0.340 e. The Morgan fingerprint density at radius 3 is 2.42 bits per heavy atom. The van der Waals surface area contributed by atoms with Gasteiger partial charge in [-0.3, -0.25) is 4.79 Å². The van der Waals surface area contributed by atoms with E-state index >= 15 is 0 Å². The Morgan fingerprint density at radius 2 is 1.79 bits per heavy atom. The molecule has 2 N–H and O–H groups in total. The van der Waals surface area contributed by atoms with Crippen LogP contribution in [0.3, 0.4) is 0 Å². The zero-order valence-corrected chi connectivity index (χ0v) is 12.4. The molecule has 19 heavy (non-hydrogen) atoms. The Morgan fingerprint density at radius 1 is 1.11 bits per heavy atom. The Bertz CT molecular complexity index is 284. The molecule has 110 valence electrons. The second kappa shape index (κ2) is 7.28. The van der Waals surface area contributed by atoms with E-state index in [2.05, 4.69) is 11.8 Å². The van der Waals surface area contributed by atoms with Crippen LogP contribution in [0, 0.1) is 11.8 Å². The Labute approximate surface area is 117 Å². The van der Waals surface area contributed by atoms with E-state index in [4.69, 9.17) is 5.73 Å². The molecule has 1 saturated heterocycles. The number of piperidine rings is 1. The van der Waals surface area contributed by atoms with Crippen molar-refractivity contribution in [3.63, 3.8) is 0 Å². The van der Waals surface area contributed by atoms with Gasteiger partial charge in [-0.1, -0.05) is 6.92 Å². The molecule has 1 aliphatic carbocycles. The predicted octanol–water partition coefficient (Wildman–Crippen LogP) is 2.93. The van der Waals surface area contributed by atoms with E-state index in [0.29, 0.717) is 23.8 Å². The summed E-state index contributed by atoms with van der Waals surface area (Å²) in [6.45, 7) is 4.03. The summed E-state index contributed by atoms with van der Waals surface area (Å²) in [4.78, 5) is 14.7. The standard InChI is InChI=1S/C16H30N2O/c1-2-15-5-3-4-10-18(15)16(19)11-13-6-8-14(12-17)9-7-13/h13-15H,2-12,17H2,1H3. The van der Waals surface area contributed by atoms with Gasteiger partial charge in [-0.15, -0.1) is 0 Å². The highest BCUT2D eigenvalue weighted by atomic mass is 16.2. The van der Waals surface area contributed by atoms with Crippen LogP contribution in [-0.4, -0.2) is 29.9 Å². The highest BCUT2D eigenvalue weighted by molar-refractivity contribution is 5.76. The van der Waals surface area contributed by atoms with Gasteiger partial charge < -0.3 is 10.6 Å². The molecule has 2 rings (SSSR count). The first-order chi connectivity index (χ1) is 9.24. The summed E-state index contributed by atoms with van der Waals surface area (Å²) in [5.41, 5.74) is 5.73. The van der Waals surface area contributed by atoms with Crippen molar-refractivity contribution in [1.82, 2.24) is 4.90 Å². The first-order valence-corrected chi connectivity index (χ1v) is 8.24.